The Morgan fingerprint density at radius 2 is 1.82 bits per heavy atom. The molecule has 0 N–H and O–H groups in total. The van der Waals surface area contributed by atoms with Crippen LogP contribution < -0.4 is 0 Å². The molecule has 0 aromatic heterocycles. The van der Waals surface area contributed by atoms with Crippen LogP contribution in [0, 0.1) is 17.0 Å². The molecule has 5 nitrogen and oxygen atoms in total. The van der Waals surface area contributed by atoms with Crippen molar-refractivity contribution in [2.75, 3.05) is 0 Å². The van der Waals surface area contributed by atoms with Crippen molar-refractivity contribution in [3.8, 4) is 0 Å². The van der Waals surface area contributed by atoms with Gasteiger partial charge in [0.15, 0.2) is 4.90 Å². The number of aryl methyl sites for hydroxylation is 1. The zero-order valence-corrected chi connectivity index (χ0v) is 9.17. The number of nitro groups is 1. The van der Waals surface area contributed by atoms with E-state index in [-0.39, 0.29) is 5.56 Å². The second-order valence-electron chi connectivity index (χ2n) is 3.18. The number of benzene rings is 1. The number of alkyl halides is 3. The minimum atomic E-state index is -5.72. The predicted octanol–water partition coefficient (Wildman–Crippen LogP) is 2.20. The molecule has 0 aliphatic rings. The maximum absolute atomic E-state index is 12.3. The first-order valence-electron chi connectivity index (χ1n) is 4.14. The van der Waals surface area contributed by atoms with Crippen LogP contribution in [0.5, 0.6) is 0 Å². The molecule has 17 heavy (non-hydrogen) atoms. The molecule has 0 spiro atoms. The molecular formula is C8H6F3NO4S. The van der Waals surface area contributed by atoms with Gasteiger partial charge in [-0.25, -0.2) is 8.42 Å². The smallest absolute Gasteiger partial charge is 0.258 e. The Kier molecular flexibility index (Phi) is 3.15. The summed E-state index contributed by atoms with van der Waals surface area (Å²) in [5, 5.41) is 10.5. The number of halogens is 3. The summed E-state index contributed by atoms with van der Waals surface area (Å²) in [5.74, 6) is 0. The lowest BCUT2D eigenvalue weighted by Crippen LogP contribution is -2.24. The molecule has 0 unspecified atom stereocenters. The van der Waals surface area contributed by atoms with E-state index in [9.17, 15) is 31.7 Å². The maximum atomic E-state index is 12.3. The lowest BCUT2D eigenvalue weighted by Gasteiger charge is -2.08. The predicted molar refractivity (Wildman–Crippen MR) is 51.1 cm³/mol. The molecule has 0 amide bonds. The first-order chi connectivity index (χ1) is 7.57. The zero-order valence-electron chi connectivity index (χ0n) is 8.35. The van der Waals surface area contributed by atoms with Gasteiger partial charge in [-0.15, -0.1) is 0 Å². The molecule has 9 heteroatoms. The third-order valence-corrected chi connectivity index (χ3v) is 3.42. The van der Waals surface area contributed by atoms with Gasteiger partial charge in [0.1, 0.15) is 0 Å². The molecule has 0 saturated heterocycles. The molecule has 0 aliphatic carbocycles. The average molecular weight is 269 g/mol. The van der Waals surface area contributed by atoms with Crippen LogP contribution in [0.3, 0.4) is 0 Å². The van der Waals surface area contributed by atoms with Crippen molar-refractivity contribution in [1.82, 2.24) is 0 Å². The molecule has 1 aromatic rings. The SMILES string of the molecule is Cc1ccc([N+](=O)[O-])c(S(=O)(=O)C(F)(F)F)c1. The first kappa shape index (κ1) is 13.4. The fourth-order valence-electron chi connectivity index (χ4n) is 1.11. The standard InChI is InChI=1S/C8H6F3NO4S/c1-5-2-3-6(12(13)14)7(4-5)17(15,16)8(9,10)11/h2-4H,1H3. The van der Waals surface area contributed by atoms with Gasteiger partial charge >= 0.3 is 5.51 Å². The van der Waals surface area contributed by atoms with E-state index < -0.39 is 30.9 Å². The number of hydrogen-bond donors (Lipinski definition) is 0. The van der Waals surface area contributed by atoms with Crippen molar-refractivity contribution in [3.05, 3.63) is 33.9 Å². The first-order valence-corrected chi connectivity index (χ1v) is 5.62. The molecule has 1 rings (SSSR count). The monoisotopic (exact) mass is 269 g/mol. The highest BCUT2D eigenvalue weighted by atomic mass is 32.2. The van der Waals surface area contributed by atoms with E-state index in [0.29, 0.717) is 6.07 Å². The van der Waals surface area contributed by atoms with Crippen LogP contribution in [0.2, 0.25) is 0 Å². The maximum Gasteiger partial charge on any atom is 0.502 e. The van der Waals surface area contributed by atoms with Crippen LogP contribution >= 0.6 is 0 Å². The highest BCUT2D eigenvalue weighted by Crippen LogP contribution is 2.35. The Morgan fingerprint density at radius 3 is 2.24 bits per heavy atom. The van der Waals surface area contributed by atoms with E-state index in [1.54, 1.807) is 0 Å². The van der Waals surface area contributed by atoms with Crippen molar-refractivity contribution in [3.63, 3.8) is 0 Å². The number of sulfone groups is 1. The summed E-state index contributed by atoms with van der Waals surface area (Å²) in [6.45, 7) is 1.33. The topological polar surface area (TPSA) is 77.3 Å². The van der Waals surface area contributed by atoms with Crippen LogP contribution in [0.1, 0.15) is 5.56 Å². The number of nitrogens with zero attached hydrogens (tertiary/aromatic N) is 1. The summed E-state index contributed by atoms with van der Waals surface area (Å²) in [7, 11) is -5.72. The van der Waals surface area contributed by atoms with Crippen LogP contribution in [0.15, 0.2) is 23.1 Å². The number of hydrogen-bond acceptors (Lipinski definition) is 4. The van der Waals surface area contributed by atoms with Crippen LogP contribution in [0.4, 0.5) is 18.9 Å². The summed E-state index contributed by atoms with van der Waals surface area (Å²) in [6.07, 6.45) is 0. The minimum absolute atomic E-state index is 0.179. The largest absolute Gasteiger partial charge is 0.502 e. The van der Waals surface area contributed by atoms with Gasteiger partial charge in [0.05, 0.1) is 4.92 Å². The average Bonchev–Trinajstić information content (AvgIpc) is 2.15. The molecule has 0 bridgehead atoms. The van der Waals surface area contributed by atoms with E-state index >= 15 is 0 Å². The van der Waals surface area contributed by atoms with Gasteiger partial charge in [-0.05, 0) is 18.6 Å². The van der Waals surface area contributed by atoms with Crippen molar-refractivity contribution in [2.24, 2.45) is 0 Å². The highest BCUT2D eigenvalue weighted by molar-refractivity contribution is 7.92. The van der Waals surface area contributed by atoms with E-state index in [2.05, 4.69) is 0 Å². The molecule has 1 aromatic carbocycles. The van der Waals surface area contributed by atoms with Gasteiger partial charge in [-0.3, -0.25) is 10.1 Å². The fourth-order valence-corrected chi connectivity index (χ4v) is 2.12. The zero-order chi connectivity index (χ0) is 13.4. The Bertz CT molecular complexity index is 565. The Labute approximate surface area is 93.9 Å². The third kappa shape index (κ3) is 2.38. The van der Waals surface area contributed by atoms with E-state index in [1.807, 2.05) is 0 Å². The molecule has 0 saturated carbocycles. The number of rotatable bonds is 2. The molecule has 94 valence electrons. The summed E-state index contributed by atoms with van der Waals surface area (Å²) in [5.41, 5.74) is -6.47. The van der Waals surface area contributed by atoms with Crippen LogP contribution in [0.25, 0.3) is 0 Å². The quantitative estimate of drug-likeness (QED) is 0.609. The Hall–Kier alpha value is -1.64. The third-order valence-electron chi connectivity index (χ3n) is 1.91. The van der Waals surface area contributed by atoms with Gasteiger partial charge in [-0.2, -0.15) is 13.2 Å². The van der Waals surface area contributed by atoms with Gasteiger partial charge in [0, 0.05) is 6.07 Å². The normalized spacial score (nSPS) is 12.5. The molecule has 0 aliphatic heterocycles. The second-order valence-corrected chi connectivity index (χ2v) is 5.09. The Morgan fingerprint density at radius 1 is 1.29 bits per heavy atom. The van der Waals surface area contributed by atoms with Crippen molar-refractivity contribution in [2.45, 2.75) is 17.3 Å². The lowest BCUT2D eigenvalue weighted by molar-refractivity contribution is -0.387. The van der Waals surface area contributed by atoms with Crippen LogP contribution in [-0.2, 0) is 9.84 Å². The van der Waals surface area contributed by atoms with Crippen molar-refractivity contribution < 1.29 is 26.5 Å². The second kappa shape index (κ2) is 3.99. The molecule has 0 fully saturated rings. The summed E-state index contributed by atoms with van der Waals surface area (Å²) in [6, 6.07) is 2.52. The van der Waals surface area contributed by atoms with Crippen molar-refractivity contribution >= 4 is 15.5 Å². The van der Waals surface area contributed by atoms with Crippen molar-refractivity contribution in [1.29, 1.82) is 0 Å². The fraction of sp³-hybridized carbons (Fsp3) is 0.250. The van der Waals surface area contributed by atoms with Gasteiger partial charge in [0.2, 0.25) is 0 Å². The number of nitro benzene ring substituents is 1. The van der Waals surface area contributed by atoms with Gasteiger partial charge in [0.25, 0.3) is 15.5 Å². The lowest BCUT2D eigenvalue weighted by atomic mass is 10.2. The molecule has 0 atom stereocenters. The molecule has 0 radical (unpaired) electrons. The van der Waals surface area contributed by atoms with E-state index in [0.717, 1.165) is 12.1 Å². The summed E-state index contributed by atoms with van der Waals surface area (Å²) < 4.78 is 59.1. The Balaban J connectivity index is 3.61. The summed E-state index contributed by atoms with van der Waals surface area (Å²) >= 11 is 0. The molecule has 0 heterocycles. The van der Waals surface area contributed by atoms with E-state index in [1.165, 1.54) is 6.92 Å². The van der Waals surface area contributed by atoms with Crippen LogP contribution in [-0.4, -0.2) is 18.8 Å². The molecular weight excluding hydrogens is 263 g/mol. The summed E-state index contributed by atoms with van der Waals surface area (Å²) in [4.78, 5) is 7.97. The van der Waals surface area contributed by atoms with Gasteiger partial charge < -0.3 is 0 Å². The van der Waals surface area contributed by atoms with E-state index in [4.69, 9.17) is 0 Å². The minimum Gasteiger partial charge on any atom is -0.258 e. The highest BCUT2D eigenvalue weighted by Gasteiger charge is 2.49. The van der Waals surface area contributed by atoms with Gasteiger partial charge in [-0.1, -0.05) is 6.07 Å².